The lowest BCUT2D eigenvalue weighted by Gasteiger charge is -2.32. The zero-order valence-electron chi connectivity index (χ0n) is 31.9. The van der Waals surface area contributed by atoms with Crippen molar-refractivity contribution in [3.05, 3.63) is 107 Å². The predicted molar refractivity (Wildman–Crippen MR) is 225 cm³/mol. The third kappa shape index (κ3) is 10.1. The van der Waals surface area contributed by atoms with Crippen molar-refractivity contribution in [3.8, 4) is 11.1 Å². The number of amides is 3. The summed E-state index contributed by atoms with van der Waals surface area (Å²) in [4.78, 5) is 52.8. The van der Waals surface area contributed by atoms with E-state index in [9.17, 15) is 27.4 Å². The number of nitrogens with one attached hydrogen (secondary N) is 4. The first-order valence-corrected chi connectivity index (χ1v) is 21.6. The van der Waals surface area contributed by atoms with Crippen LogP contribution in [0.25, 0.3) is 22.0 Å². The number of fused-ring (bicyclic) bond motifs is 3. The number of nitrogens with zero attached hydrogens (tertiary/aromatic N) is 2. The number of likely N-dealkylation sites (N-methyl/N-ethyl adjacent to an activating group) is 1. The van der Waals surface area contributed by atoms with Crippen molar-refractivity contribution >= 4 is 62.1 Å². The topological polar surface area (TPSA) is 226 Å². The number of pyridine rings is 1. The van der Waals surface area contributed by atoms with E-state index in [1.807, 2.05) is 36.5 Å². The summed E-state index contributed by atoms with van der Waals surface area (Å²) in [5, 5.41) is 11.3. The highest BCUT2D eigenvalue weighted by molar-refractivity contribution is 7.99. The van der Waals surface area contributed by atoms with Gasteiger partial charge in [0.2, 0.25) is 17.7 Å². The first kappa shape index (κ1) is 42.8. The Morgan fingerprint density at radius 3 is 2.36 bits per heavy atom. The second-order valence-corrected chi connectivity index (χ2v) is 16.9. The number of hydrogen-bond acceptors (Lipinski definition) is 10. The van der Waals surface area contributed by atoms with Gasteiger partial charge in [-0.15, -0.1) is 0 Å². The van der Waals surface area contributed by atoms with Gasteiger partial charge in [0.25, 0.3) is 10.1 Å². The Labute approximate surface area is 346 Å². The number of rotatable bonds is 10. The molecule has 58 heavy (non-hydrogen) atoms. The van der Waals surface area contributed by atoms with Crippen molar-refractivity contribution in [2.75, 3.05) is 20.1 Å². The fraction of sp³-hybridized carbons (Fsp3) is 0.317. The van der Waals surface area contributed by atoms with Crippen molar-refractivity contribution in [1.29, 1.82) is 0 Å². The Morgan fingerprint density at radius 2 is 1.64 bits per heavy atom. The van der Waals surface area contributed by atoms with Crippen LogP contribution in [0.4, 0.5) is 0 Å². The number of halogens is 1. The van der Waals surface area contributed by atoms with E-state index >= 15 is 0 Å². The van der Waals surface area contributed by atoms with Gasteiger partial charge in [0, 0.05) is 54.8 Å². The van der Waals surface area contributed by atoms with Gasteiger partial charge in [-0.05, 0) is 96.9 Å². The largest absolute Gasteiger partial charge is 0.361 e. The quantitative estimate of drug-likeness (QED) is 0.0976. The molecule has 0 radical (unpaired) electrons. The van der Waals surface area contributed by atoms with Crippen molar-refractivity contribution < 1.29 is 27.4 Å². The molecule has 9 N–H and O–H groups in total. The summed E-state index contributed by atoms with van der Waals surface area (Å²) in [6.45, 7) is 0.853. The Bertz CT molecular complexity index is 2380. The smallest absolute Gasteiger partial charge is 0.294 e. The minimum atomic E-state index is -4.45. The molecule has 0 saturated heterocycles. The molecule has 0 fully saturated rings. The number of H-pyrrole nitrogens is 1. The molecule has 0 aliphatic carbocycles. The normalized spacial score (nSPS) is 18.6. The maximum atomic E-state index is 14.6. The molecule has 0 spiro atoms. The van der Waals surface area contributed by atoms with Gasteiger partial charge >= 0.3 is 0 Å². The number of aromatic amines is 1. The molecule has 3 amide bonds. The van der Waals surface area contributed by atoms with Crippen LogP contribution in [0.2, 0.25) is 5.02 Å². The van der Waals surface area contributed by atoms with Crippen LogP contribution in [0.5, 0.6) is 0 Å². The molecule has 0 unspecified atom stereocenters. The summed E-state index contributed by atoms with van der Waals surface area (Å²) < 4.78 is 33.4. The summed E-state index contributed by atoms with van der Waals surface area (Å²) in [5.41, 5.74) is 16.1. The second-order valence-electron chi connectivity index (χ2n) is 14.1. The van der Waals surface area contributed by atoms with Crippen LogP contribution in [0.3, 0.4) is 0 Å². The summed E-state index contributed by atoms with van der Waals surface area (Å²) in [5.74, 6) is -1.29. The Balaban J connectivity index is 1.49. The molecule has 2 aromatic heterocycles. The molecule has 1 aliphatic heterocycles. The SMILES string of the molecule is CN1C(=O)[C@H](CCCN)NC(=O)[C@H](CCCN)NCc2cccnc2Sc2c(Cl)ccc(-c3ccc(S(=O)(=O)O)cc3)c2CNC(=O)[C@@H]1Cc1c[nH]c2ccccc12. The lowest BCUT2D eigenvalue weighted by molar-refractivity contribution is -0.142. The first-order valence-electron chi connectivity index (χ1n) is 18.9. The van der Waals surface area contributed by atoms with Crippen molar-refractivity contribution in [2.45, 2.75) is 78.1 Å². The van der Waals surface area contributed by atoms with E-state index in [1.165, 1.54) is 28.8 Å². The number of benzene rings is 3. The van der Waals surface area contributed by atoms with Gasteiger partial charge in [0.1, 0.15) is 17.1 Å². The summed E-state index contributed by atoms with van der Waals surface area (Å²) in [6.07, 6.45) is 5.28. The summed E-state index contributed by atoms with van der Waals surface area (Å²) >= 11 is 8.26. The maximum Gasteiger partial charge on any atom is 0.294 e. The lowest BCUT2D eigenvalue weighted by Crippen LogP contribution is -2.57. The van der Waals surface area contributed by atoms with E-state index in [0.29, 0.717) is 64.0 Å². The summed E-state index contributed by atoms with van der Waals surface area (Å²) in [6, 6.07) is 17.9. The van der Waals surface area contributed by atoms with E-state index in [0.717, 1.165) is 22.0 Å². The molecule has 0 bridgehead atoms. The minimum Gasteiger partial charge on any atom is -0.361 e. The third-order valence-corrected chi connectivity index (χ3v) is 12.8. The van der Waals surface area contributed by atoms with Gasteiger partial charge in [-0.25, -0.2) is 4.98 Å². The number of carbonyl (C=O) groups excluding carboxylic acids is 3. The zero-order chi connectivity index (χ0) is 41.4. The van der Waals surface area contributed by atoms with Crippen LogP contribution < -0.4 is 27.4 Å². The lowest BCUT2D eigenvalue weighted by atomic mass is 9.98. The number of para-hydroxylation sites is 1. The molecular formula is C41H47ClN8O6S2. The van der Waals surface area contributed by atoms with Gasteiger partial charge < -0.3 is 37.3 Å². The van der Waals surface area contributed by atoms with E-state index in [2.05, 4.69) is 25.9 Å². The minimum absolute atomic E-state index is 0.0432. The van der Waals surface area contributed by atoms with Gasteiger partial charge in [-0.3, -0.25) is 18.9 Å². The highest BCUT2D eigenvalue weighted by Crippen LogP contribution is 2.41. The number of hydrogen-bond donors (Lipinski definition) is 7. The molecule has 5 aromatic rings. The number of carbonyl (C=O) groups is 3. The molecule has 0 saturated carbocycles. The fourth-order valence-corrected chi connectivity index (χ4v) is 8.87. The monoisotopic (exact) mass is 846 g/mol. The predicted octanol–water partition coefficient (Wildman–Crippen LogP) is 4.40. The zero-order valence-corrected chi connectivity index (χ0v) is 34.3. The molecule has 306 valence electrons. The standard InChI is InChI=1S/C41H47ClN8O6S2/c1-50-36(21-27-23-46-33-9-3-2-8-30(27)33)39(52)48-24-31-29(25-12-14-28(15-13-25)58(54,55)56)16-17-32(42)37(31)57-40-26(7-6-20-45-40)22-47-34(10-4-18-43)38(51)49-35(41(50)53)11-5-19-44/h2-3,6-9,12-17,20,23,34-36,46-47H,4-5,10-11,18-19,21-22,24,43-44H2,1H3,(H,48,52)(H,49,51)(H,54,55,56)/t34-,35-,36-/m0/s1. The van der Waals surface area contributed by atoms with Crippen molar-refractivity contribution in [1.82, 2.24) is 30.8 Å². The van der Waals surface area contributed by atoms with Crippen molar-refractivity contribution in [3.63, 3.8) is 0 Å². The van der Waals surface area contributed by atoms with Crippen LogP contribution in [-0.2, 0) is 44.0 Å². The van der Waals surface area contributed by atoms with Gasteiger partial charge in [-0.1, -0.05) is 65.8 Å². The van der Waals surface area contributed by atoms with Crippen LogP contribution >= 0.6 is 23.4 Å². The van der Waals surface area contributed by atoms with Gasteiger partial charge in [0.05, 0.1) is 16.0 Å². The average Bonchev–Trinajstić information content (AvgIpc) is 3.63. The van der Waals surface area contributed by atoms with E-state index in [-0.39, 0.29) is 36.7 Å². The highest BCUT2D eigenvalue weighted by Gasteiger charge is 2.34. The summed E-state index contributed by atoms with van der Waals surface area (Å²) in [7, 11) is -2.89. The van der Waals surface area contributed by atoms with Crippen LogP contribution in [0.1, 0.15) is 42.4 Å². The van der Waals surface area contributed by atoms with Gasteiger partial charge in [-0.2, -0.15) is 8.42 Å². The fourth-order valence-electron chi connectivity index (χ4n) is 7.05. The molecule has 6 rings (SSSR count). The average molecular weight is 847 g/mol. The van der Waals surface area contributed by atoms with Crippen LogP contribution in [0.15, 0.2) is 100 Å². The Kier molecular flexibility index (Phi) is 14.2. The molecule has 1 aliphatic rings. The van der Waals surface area contributed by atoms with Gasteiger partial charge in [0.15, 0.2) is 0 Å². The highest BCUT2D eigenvalue weighted by atomic mass is 35.5. The second kappa shape index (κ2) is 19.3. The molecule has 3 aromatic carbocycles. The van der Waals surface area contributed by atoms with E-state index < -0.39 is 40.1 Å². The van der Waals surface area contributed by atoms with Crippen LogP contribution in [0, 0.1) is 0 Å². The maximum absolute atomic E-state index is 14.6. The molecule has 3 heterocycles. The number of nitrogens with two attached hydrogens (primary N) is 2. The third-order valence-electron chi connectivity index (χ3n) is 10.2. The Morgan fingerprint density at radius 1 is 0.914 bits per heavy atom. The first-order chi connectivity index (χ1) is 27.9. The molecular weight excluding hydrogens is 800 g/mol. The van der Waals surface area contributed by atoms with Crippen LogP contribution in [-0.4, -0.2) is 83.8 Å². The molecule has 14 nitrogen and oxygen atoms in total. The molecule has 3 atom stereocenters. The number of aromatic nitrogens is 2. The molecule has 17 heteroatoms. The van der Waals surface area contributed by atoms with Crippen molar-refractivity contribution in [2.24, 2.45) is 11.5 Å². The van der Waals surface area contributed by atoms with E-state index in [4.69, 9.17) is 23.1 Å². The Hall–Kier alpha value is -4.81. The van der Waals surface area contributed by atoms with E-state index in [1.54, 1.807) is 43.6 Å².